The van der Waals surface area contributed by atoms with Crippen LogP contribution in [-0.4, -0.2) is 0 Å². The fourth-order valence-electron chi connectivity index (χ4n) is 1.97. The molecule has 1 rings (SSSR count). The zero-order chi connectivity index (χ0) is 12.7. The van der Waals surface area contributed by atoms with Crippen molar-refractivity contribution in [2.24, 2.45) is 0 Å². The Hall–Kier alpha value is -1.04. The topological polar surface area (TPSA) is 0 Å². The second-order valence-corrected chi connectivity index (χ2v) is 5.83. The van der Waals surface area contributed by atoms with Crippen LogP contribution >= 0.6 is 0 Å². The molecular formula is C17H26. The van der Waals surface area contributed by atoms with Crippen molar-refractivity contribution in [1.29, 1.82) is 0 Å². The molecule has 0 saturated heterocycles. The second-order valence-electron chi connectivity index (χ2n) is 5.83. The van der Waals surface area contributed by atoms with Gasteiger partial charge in [0.25, 0.3) is 0 Å². The highest BCUT2D eigenvalue weighted by Crippen LogP contribution is 2.22. The zero-order valence-corrected chi connectivity index (χ0v) is 11.6. The molecule has 0 saturated carbocycles. The summed E-state index contributed by atoms with van der Waals surface area (Å²) in [6.07, 6.45) is 8.27. The molecule has 0 fully saturated rings. The number of rotatable bonds is 6. The molecule has 1 aromatic rings. The Kier molecular flexibility index (Phi) is 5.47. The molecule has 0 atom stereocenters. The van der Waals surface area contributed by atoms with Crippen molar-refractivity contribution in [1.82, 2.24) is 0 Å². The van der Waals surface area contributed by atoms with Crippen molar-refractivity contribution in [2.75, 3.05) is 0 Å². The Balaban J connectivity index is 2.38. The number of aryl methyl sites for hydroxylation is 1. The van der Waals surface area contributed by atoms with Crippen LogP contribution in [0.5, 0.6) is 0 Å². The summed E-state index contributed by atoms with van der Waals surface area (Å²) < 4.78 is 0. The molecule has 0 heteroatoms. The van der Waals surface area contributed by atoms with Gasteiger partial charge < -0.3 is 0 Å². The molecule has 1 aromatic carbocycles. The molecule has 0 aromatic heterocycles. The van der Waals surface area contributed by atoms with E-state index in [0.717, 1.165) is 6.42 Å². The van der Waals surface area contributed by atoms with Gasteiger partial charge in [0, 0.05) is 0 Å². The van der Waals surface area contributed by atoms with Crippen molar-refractivity contribution >= 4 is 0 Å². The first-order valence-corrected chi connectivity index (χ1v) is 6.74. The third kappa shape index (κ3) is 5.21. The molecule has 0 aliphatic carbocycles. The maximum atomic E-state index is 3.75. The normalized spacial score (nSPS) is 11.5. The first-order valence-electron chi connectivity index (χ1n) is 6.74. The highest BCUT2D eigenvalue weighted by molar-refractivity contribution is 5.27. The van der Waals surface area contributed by atoms with Gasteiger partial charge in [0.1, 0.15) is 0 Å². The molecule has 0 aliphatic rings. The van der Waals surface area contributed by atoms with Crippen molar-refractivity contribution in [2.45, 2.75) is 58.3 Å². The van der Waals surface area contributed by atoms with Gasteiger partial charge in [-0.1, -0.05) is 57.5 Å². The van der Waals surface area contributed by atoms with Crippen LogP contribution in [0.4, 0.5) is 0 Å². The van der Waals surface area contributed by atoms with Gasteiger partial charge in [0.2, 0.25) is 0 Å². The van der Waals surface area contributed by atoms with Gasteiger partial charge >= 0.3 is 0 Å². The quantitative estimate of drug-likeness (QED) is 0.461. The highest BCUT2D eigenvalue weighted by Gasteiger charge is 2.12. The maximum Gasteiger partial charge on any atom is -0.0132 e. The second kappa shape index (κ2) is 6.64. The Morgan fingerprint density at radius 3 is 2.18 bits per heavy atom. The van der Waals surface area contributed by atoms with E-state index >= 15 is 0 Å². The van der Waals surface area contributed by atoms with E-state index in [0.29, 0.717) is 0 Å². The Morgan fingerprint density at radius 1 is 1.00 bits per heavy atom. The van der Waals surface area contributed by atoms with Gasteiger partial charge in [-0.05, 0) is 42.2 Å². The summed E-state index contributed by atoms with van der Waals surface area (Å²) in [7, 11) is 0. The molecule has 94 valence electrons. The SMILES string of the molecule is C=CCCCCCc1ccc(C(C)(C)C)cc1. The lowest BCUT2D eigenvalue weighted by Gasteiger charge is -2.19. The van der Waals surface area contributed by atoms with E-state index in [1.807, 2.05) is 6.08 Å². The molecule has 0 bridgehead atoms. The number of allylic oxidation sites excluding steroid dienone is 1. The lowest BCUT2D eigenvalue weighted by Crippen LogP contribution is -2.10. The van der Waals surface area contributed by atoms with E-state index in [1.165, 1.54) is 36.8 Å². The van der Waals surface area contributed by atoms with Crippen LogP contribution in [-0.2, 0) is 11.8 Å². The summed E-state index contributed by atoms with van der Waals surface area (Å²) in [6.45, 7) is 10.5. The molecular weight excluding hydrogens is 204 g/mol. The van der Waals surface area contributed by atoms with Crippen LogP contribution < -0.4 is 0 Å². The Morgan fingerprint density at radius 2 is 1.65 bits per heavy atom. The predicted octanol–water partition coefficient (Wildman–Crippen LogP) is 5.27. The van der Waals surface area contributed by atoms with Crippen molar-refractivity contribution in [3.8, 4) is 0 Å². The van der Waals surface area contributed by atoms with Crippen LogP contribution in [0.2, 0.25) is 0 Å². The van der Waals surface area contributed by atoms with Crippen molar-refractivity contribution in [3.63, 3.8) is 0 Å². The smallest absolute Gasteiger partial charge is 0.0132 e. The van der Waals surface area contributed by atoms with Crippen LogP contribution in [0.3, 0.4) is 0 Å². The van der Waals surface area contributed by atoms with Crippen LogP contribution in [0.15, 0.2) is 36.9 Å². The first-order chi connectivity index (χ1) is 8.04. The van der Waals surface area contributed by atoms with E-state index < -0.39 is 0 Å². The molecule has 0 amide bonds. The molecule has 0 unspecified atom stereocenters. The third-order valence-electron chi connectivity index (χ3n) is 3.19. The molecule has 0 radical (unpaired) electrons. The summed E-state index contributed by atoms with van der Waals surface area (Å²) >= 11 is 0. The third-order valence-corrected chi connectivity index (χ3v) is 3.19. The standard InChI is InChI=1S/C17H26/c1-5-6-7-8-9-10-15-11-13-16(14-12-15)17(2,3)4/h5,11-14H,1,6-10H2,2-4H3. The molecule has 0 spiro atoms. The number of hydrogen-bond acceptors (Lipinski definition) is 0. The number of hydrogen-bond donors (Lipinski definition) is 0. The van der Waals surface area contributed by atoms with Gasteiger partial charge in [-0.25, -0.2) is 0 Å². The lowest BCUT2D eigenvalue weighted by molar-refractivity contribution is 0.589. The lowest BCUT2D eigenvalue weighted by atomic mass is 9.86. The summed E-state index contributed by atoms with van der Waals surface area (Å²) in [5.41, 5.74) is 3.16. The van der Waals surface area contributed by atoms with E-state index in [9.17, 15) is 0 Å². The maximum absolute atomic E-state index is 3.75. The van der Waals surface area contributed by atoms with E-state index in [4.69, 9.17) is 0 Å². The summed E-state index contributed by atoms with van der Waals surface area (Å²) in [5.74, 6) is 0. The first kappa shape index (κ1) is 14.0. The Bertz CT molecular complexity index is 324. The monoisotopic (exact) mass is 230 g/mol. The van der Waals surface area contributed by atoms with Crippen molar-refractivity contribution < 1.29 is 0 Å². The molecule has 17 heavy (non-hydrogen) atoms. The minimum atomic E-state index is 0.266. The van der Waals surface area contributed by atoms with Gasteiger partial charge in [-0.2, -0.15) is 0 Å². The predicted molar refractivity (Wildman–Crippen MR) is 77.5 cm³/mol. The van der Waals surface area contributed by atoms with E-state index in [-0.39, 0.29) is 5.41 Å². The van der Waals surface area contributed by atoms with Crippen molar-refractivity contribution in [3.05, 3.63) is 48.0 Å². The van der Waals surface area contributed by atoms with Gasteiger partial charge in [-0.15, -0.1) is 6.58 Å². The molecule has 0 heterocycles. The average molecular weight is 230 g/mol. The molecule has 0 N–H and O–H groups in total. The highest BCUT2D eigenvalue weighted by atomic mass is 14.2. The fourth-order valence-corrected chi connectivity index (χ4v) is 1.97. The number of benzene rings is 1. The molecule has 0 nitrogen and oxygen atoms in total. The van der Waals surface area contributed by atoms with Crippen LogP contribution in [0, 0.1) is 0 Å². The van der Waals surface area contributed by atoms with Gasteiger partial charge in [-0.3, -0.25) is 0 Å². The summed E-state index contributed by atoms with van der Waals surface area (Å²) in [6, 6.07) is 9.13. The van der Waals surface area contributed by atoms with Crippen LogP contribution in [0.25, 0.3) is 0 Å². The summed E-state index contributed by atoms with van der Waals surface area (Å²) in [4.78, 5) is 0. The average Bonchev–Trinajstić information content (AvgIpc) is 2.28. The fraction of sp³-hybridized carbons (Fsp3) is 0.529. The summed E-state index contributed by atoms with van der Waals surface area (Å²) in [5, 5.41) is 0. The van der Waals surface area contributed by atoms with Gasteiger partial charge in [0.15, 0.2) is 0 Å². The minimum absolute atomic E-state index is 0.266. The van der Waals surface area contributed by atoms with E-state index in [2.05, 4.69) is 51.6 Å². The number of unbranched alkanes of at least 4 members (excludes halogenated alkanes) is 3. The minimum Gasteiger partial charge on any atom is -0.103 e. The van der Waals surface area contributed by atoms with Gasteiger partial charge in [0.05, 0.1) is 0 Å². The van der Waals surface area contributed by atoms with E-state index in [1.54, 1.807) is 0 Å². The molecule has 0 aliphatic heterocycles. The van der Waals surface area contributed by atoms with Crippen LogP contribution in [0.1, 0.15) is 57.6 Å². The zero-order valence-electron chi connectivity index (χ0n) is 11.6. The Labute approximate surface area is 107 Å². The largest absolute Gasteiger partial charge is 0.103 e.